The number of fused-ring (bicyclic) bond motifs is 4. The quantitative estimate of drug-likeness (QED) is 0.602. The van der Waals surface area contributed by atoms with E-state index in [1.807, 2.05) is 4.68 Å². The lowest BCUT2D eigenvalue weighted by molar-refractivity contribution is 0.621. The fourth-order valence-corrected chi connectivity index (χ4v) is 4.03. The first kappa shape index (κ1) is 14.1. The molecule has 0 aromatic carbocycles. The zero-order chi connectivity index (χ0) is 17.4. The van der Waals surface area contributed by atoms with Crippen LogP contribution in [0.3, 0.4) is 0 Å². The van der Waals surface area contributed by atoms with Crippen LogP contribution in [0.2, 0.25) is 0 Å². The molecule has 0 radical (unpaired) electrons. The van der Waals surface area contributed by atoms with Crippen molar-refractivity contribution in [2.24, 2.45) is 5.92 Å². The Kier molecular flexibility index (Phi) is 2.55. The maximum Gasteiger partial charge on any atom is 0.155 e. The van der Waals surface area contributed by atoms with Gasteiger partial charge in [-0.25, -0.2) is 13.8 Å². The molecule has 0 unspecified atom stereocenters. The molecule has 1 saturated carbocycles. The minimum absolute atomic E-state index is 0.377. The zero-order valence-corrected chi connectivity index (χ0v) is 13.4. The predicted molar refractivity (Wildman–Crippen MR) is 89.1 cm³/mol. The van der Waals surface area contributed by atoms with E-state index in [9.17, 15) is 8.78 Å². The van der Waals surface area contributed by atoms with Crippen molar-refractivity contribution in [1.82, 2.24) is 29.9 Å². The van der Waals surface area contributed by atoms with Gasteiger partial charge in [0.05, 0.1) is 30.3 Å². The molecule has 1 fully saturated rings. The highest BCUT2D eigenvalue weighted by Gasteiger charge is 2.48. The van der Waals surface area contributed by atoms with E-state index in [0.29, 0.717) is 45.5 Å². The molecule has 26 heavy (non-hydrogen) atoms. The maximum absolute atomic E-state index is 14.9. The first-order valence-corrected chi connectivity index (χ1v) is 8.42. The van der Waals surface area contributed by atoms with Crippen molar-refractivity contribution in [3.05, 3.63) is 48.1 Å². The van der Waals surface area contributed by atoms with E-state index in [1.165, 1.54) is 12.3 Å². The molecule has 2 aliphatic rings. The van der Waals surface area contributed by atoms with Crippen LogP contribution in [0.4, 0.5) is 8.78 Å². The Morgan fingerprint density at radius 2 is 2.00 bits per heavy atom. The van der Waals surface area contributed by atoms with Gasteiger partial charge in [-0.1, -0.05) is 0 Å². The fourth-order valence-electron chi connectivity index (χ4n) is 4.03. The second-order valence-electron chi connectivity index (χ2n) is 6.86. The second-order valence-corrected chi connectivity index (χ2v) is 6.86. The molecular weight excluding hydrogens is 338 g/mol. The third-order valence-corrected chi connectivity index (χ3v) is 5.32. The van der Waals surface area contributed by atoms with Crippen LogP contribution in [0, 0.1) is 17.6 Å². The lowest BCUT2D eigenvalue weighted by Crippen LogP contribution is -1.97. The summed E-state index contributed by atoms with van der Waals surface area (Å²) in [4.78, 5) is 8.23. The number of aromatic nitrogens is 6. The molecule has 5 heterocycles. The number of pyridine rings is 2. The zero-order valence-electron chi connectivity index (χ0n) is 13.4. The minimum Gasteiger partial charge on any atom is -0.265 e. The summed E-state index contributed by atoms with van der Waals surface area (Å²) in [6, 6.07) is 3.29. The Hall–Kier alpha value is -3.16. The monoisotopic (exact) mass is 350 g/mol. The highest BCUT2D eigenvalue weighted by molar-refractivity contribution is 5.97. The molecule has 1 aliphatic carbocycles. The van der Waals surface area contributed by atoms with E-state index < -0.39 is 11.6 Å². The Morgan fingerprint density at radius 1 is 1.08 bits per heavy atom. The summed E-state index contributed by atoms with van der Waals surface area (Å²) in [6.45, 7) is 0. The number of hydrogen-bond acceptors (Lipinski definition) is 4. The van der Waals surface area contributed by atoms with Gasteiger partial charge in [-0.15, -0.1) is 0 Å². The maximum atomic E-state index is 14.9. The third kappa shape index (κ3) is 1.78. The van der Waals surface area contributed by atoms with Crippen LogP contribution in [0.25, 0.3) is 33.5 Å². The molecule has 0 spiro atoms. The van der Waals surface area contributed by atoms with Gasteiger partial charge in [-0.05, 0) is 30.9 Å². The van der Waals surface area contributed by atoms with E-state index >= 15 is 0 Å². The first-order chi connectivity index (χ1) is 12.7. The summed E-state index contributed by atoms with van der Waals surface area (Å²) in [6.07, 6.45) is 5.87. The largest absolute Gasteiger partial charge is 0.265 e. The van der Waals surface area contributed by atoms with E-state index in [-0.39, 0.29) is 0 Å². The highest BCUT2D eigenvalue weighted by Crippen LogP contribution is 2.55. The van der Waals surface area contributed by atoms with Gasteiger partial charge < -0.3 is 0 Å². The summed E-state index contributed by atoms with van der Waals surface area (Å²) >= 11 is 0. The van der Waals surface area contributed by atoms with E-state index in [0.717, 1.165) is 24.7 Å². The average Bonchev–Trinajstić information content (AvgIpc) is 2.97. The standard InChI is InChI=1S/C18H12F2N6/c19-9-1-2-12(21-5-9)17-16(14-4-8-3-13(8)26(14)25-17)15-10-6-23-24-18(10)22-7-11(15)20/h1-2,5-8,13H,3-4H2,(H,22,23,24)/t8-,13-/m0/s1. The van der Waals surface area contributed by atoms with E-state index in [2.05, 4.69) is 20.2 Å². The molecule has 0 saturated heterocycles. The van der Waals surface area contributed by atoms with Crippen LogP contribution < -0.4 is 0 Å². The Morgan fingerprint density at radius 3 is 2.85 bits per heavy atom. The molecule has 6 nitrogen and oxygen atoms in total. The fraction of sp³-hybridized carbons (Fsp3) is 0.222. The molecular formula is C18H12F2N6. The predicted octanol–water partition coefficient (Wildman–Crippen LogP) is 3.28. The first-order valence-electron chi connectivity index (χ1n) is 8.42. The van der Waals surface area contributed by atoms with Gasteiger partial charge in [0.2, 0.25) is 0 Å². The van der Waals surface area contributed by atoms with Crippen LogP contribution in [0.15, 0.2) is 30.7 Å². The van der Waals surface area contributed by atoms with Gasteiger partial charge in [-0.2, -0.15) is 10.2 Å². The number of halogens is 2. The molecule has 0 amide bonds. The molecule has 0 bridgehead atoms. The van der Waals surface area contributed by atoms with Gasteiger partial charge >= 0.3 is 0 Å². The van der Waals surface area contributed by atoms with Gasteiger partial charge in [0, 0.05) is 22.2 Å². The number of nitrogens with zero attached hydrogens (tertiary/aromatic N) is 5. The van der Waals surface area contributed by atoms with Crippen molar-refractivity contribution in [3.63, 3.8) is 0 Å². The molecule has 6 rings (SSSR count). The molecule has 2 atom stereocenters. The molecule has 128 valence electrons. The van der Waals surface area contributed by atoms with Crippen molar-refractivity contribution in [1.29, 1.82) is 0 Å². The lowest BCUT2D eigenvalue weighted by atomic mass is 9.97. The number of hydrogen-bond donors (Lipinski definition) is 1. The minimum atomic E-state index is -0.432. The van der Waals surface area contributed by atoms with Crippen LogP contribution >= 0.6 is 0 Å². The summed E-state index contributed by atoms with van der Waals surface area (Å²) in [5.41, 5.74) is 3.74. The topological polar surface area (TPSA) is 72.3 Å². The van der Waals surface area contributed by atoms with Gasteiger partial charge in [0.25, 0.3) is 0 Å². The van der Waals surface area contributed by atoms with E-state index in [1.54, 1.807) is 12.3 Å². The third-order valence-electron chi connectivity index (χ3n) is 5.32. The van der Waals surface area contributed by atoms with Crippen LogP contribution in [0.5, 0.6) is 0 Å². The molecule has 4 aromatic rings. The van der Waals surface area contributed by atoms with Crippen molar-refractivity contribution < 1.29 is 8.78 Å². The average molecular weight is 350 g/mol. The Bertz CT molecular complexity index is 1180. The molecule has 1 aliphatic heterocycles. The van der Waals surface area contributed by atoms with Crippen molar-refractivity contribution in [2.75, 3.05) is 0 Å². The summed E-state index contributed by atoms with van der Waals surface area (Å²) < 4.78 is 30.2. The van der Waals surface area contributed by atoms with Crippen LogP contribution in [0.1, 0.15) is 18.2 Å². The number of rotatable bonds is 2. The number of aromatic amines is 1. The van der Waals surface area contributed by atoms with Crippen LogP contribution in [-0.4, -0.2) is 29.9 Å². The van der Waals surface area contributed by atoms with Crippen molar-refractivity contribution in [3.8, 4) is 22.5 Å². The number of nitrogens with one attached hydrogen (secondary N) is 1. The molecule has 1 N–H and O–H groups in total. The Balaban J connectivity index is 1.69. The lowest BCUT2D eigenvalue weighted by Gasteiger charge is -2.08. The summed E-state index contributed by atoms with van der Waals surface area (Å²) in [7, 11) is 0. The molecule has 8 heteroatoms. The number of H-pyrrole nitrogens is 1. The second kappa shape index (κ2) is 4.72. The molecule has 4 aromatic heterocycles. The SMILES string of the molecule is Fc1ccc(-c2nn3c(c2-c2c(F)cnc4[nH]ncc24)C[C@@H]2C[C@@H]23)nc1. The summed E-state index contributed by atoms with van der Waals surface area (Å²) in [5, 5.41) is 12.1. The highest BCUT2D eigenvalue weighted by atomic mass is 19.1. The van der Waals surface area contributed by atoms with Gasteiger partial charge in [0.1, 0.15) is 17.3 Å². The van der Waals surface area contributed by atoms with Gasteiger partial charge in [0.15, 0.2) is 5.65 Å². The normalized spacial score (nSPS) is 20.4. The summed E-state index contributed by atoms with van der Waals surface area (Å²) in [5.74, 6) is -0.272. The Labute approximate surface area is 145 Å². The van der Waals surface area contributed by atoms with Crippen LogP contribution in [-0.2, 0) is 6.42 Å². The van der Waals surface area contributed by atoms with Crippen molar-refractivity contribution >= 4 is 11.0 Å². The van der Waals surface area contributed by atoms with Crippen molar-refractivity contribution in [2.45, 2.75) is 18.9 Å². The van der Waals surface area contributed by atoms with Gasteiger partial charge in [-0.3, -0.25) is 14.8 Å². The smallest absolute Gasteiger partial charge is 0.155 e. The van der Waals surface area contributed by atoms with E-state index in [4.69, 9.17) is 5.10 Å².